The number of aliphatic carboxylic acids is 1. The fourth-order valence-corrected chi connectivity index (χ4v) is 4.59. The van der Waals surface area contributed by atoms with E-state index in [1.807, 2.05) is 12.3 Å². The van der Waals surface area contributed by atoms with Crippen molar-refractivity contribution in [1.29, 1.82) is 0 Å². The summed E-state index contributed by atoms with van der Waals surface area (Å²) in [5.41, 5.74) is 2.75. The Labute approximate surface area is 172 Å². The molecular formula is C23H30N4O2. The van der Waals surface area contributed by atoms with Crippen LogP contribution in [0.4, 0.5) is 17.2 Å². The van der Waals surface area contributed by atoms with Crippen LogP contribution in [0.1, 0.15) is 32.1 Å². The van der Waals surface area contributed by atoms with E-state index >= 15 is 0 Å². The number of benzene rings is 1. The Morgan fingerprint density at radius 3 is 2.62 bits per heavy atom. The predicted molar refractivity (Wildman–Crippen MR) is 117 cm³/mol. The van der Waals surface area contributed by atoms with Crippen LogP contribution in [0.5, 0.6) is 0 Å². The average molecular weight is 395 g/mol. The van der Waals surface area contributed by atoms with Crippen molar-refractivity contribution in [2.24, 2.45) is 5.41 Å². The molecule has 1 spiro atoms. The number of carboxylic acid groups (broad SMARTS) is 1. The van der Waals surface area contributed by atoms with Gasteiger partial charge in [0, 0.05) is 68.2 Å². The number of carboxylic acids is 1. The normalized spacial score (nSPS) is 21.1. The van der Waals surface area contributed by atoms with Crippen LogP contribution >= 0.6 is 0 Å². The summed E-state index contributed by atoms with van der Waals surface area (Å²) in [6.07, 6.45) is 6.10. The summed E-state index contributed by atoms with van der Waals surface area (Å²) in [5.74, 6) is 0.312. The number of unbranched alkanes of at least 4 members (excludes halogenated alkanes) is 1. The summed E-state index contributed by atoms with van der Waals surface area (Å²) < 4.78 is 0. The first-order valence-corrected chi connectivity index (χ1v) is 10.6. The van der Waals surface area contributed by atoms with Gasteiger partial charge in [-0.05, 0) is 43.9 Å². The number of hydrogen-bond donors (Lipinski definition) is 2. The zero-order chi connectivity index (χ0) is 20.1. The Kier molecular flexibility index (Phi) is 5.88. The molecule has 6 nitrogen and oxygen atoms in total. The molecule has 2 aromatic rings. The van der Waals surface area contributed by atoms with Crippen molar-refractivity contribution in [2.45, 2.75) is 32.1 Å². The SMILES string of the molecule is O=C(O)CCCCNc1ccnc(N2CCC3(CCN(c4ccccc4)C3)C2)c1. The van der Waals surface area contributed by atoms with E-state index in [1.165, 1.54) is 18.5 Å². The van der Waals surface area contributed by atoms with Crippen LogP contribution in [0.2, 0.25) is 0 Å². The van der Waals surface area contributed by atoms with E-state index in [4.69, 9.17) is 5.11 Å². The van der Waals surface area contributed by atoms with Gasteiger partial charge in [0.25, 0.3) is 0 Å². The van der Waals surface area contributed by atoms with Crippen LogP contribution in [0, 0.1) is 5.41 Å². The number of anilines is 3. The maximum absolute atomic E-state index is 10.6. The second-order valence-electron chi connectivity index (χ2n) is 8.36. The monoisotopic (exact) mass is 394 g/mol. The molecule has 1 aromatic carbocycles. The van der Waals surface area contributed by atoms with Crippen molar-refractivity contribution >= 4 is 23.2 Å². The number of hydrogen-bond acceptors (Lipinski definition) is 5. The predicted octanol–water partition coefficient (Wildman–Crippen LogP) is 3.86. The summed E-state index contributed by atoms with van der Waals surface area (Å²) >= 11 is 0. The molecule has 2 N–H and O–H groups in total. The van der Waals surface area contributed by atoms with Crippen LogP contribution in [-0.4, -0.2) is 48.8 Å². The first kappa shape index (κ1) is 19.6. The second kappa shape index (κ2) is 8.72. The molecule has 2 fully saturated rings. The Morgan fingerprint density at radius 2 is 1.83 bits per heavy atom. The number of aromatic nitrogens is 1. The lowest BCUT2D eigenvalue weighted by molar-refractivity contribution is -0.137. The van der Waals surface area contributed by atoms with E-state index in [2.05, 4.69) is 56.5 Å². The molecule has 0 radical (unpaired) electrons. The minimum absolute atomic E-state index is 0.235. The fraction of sp³-hybridized carbons (Fsp3) is 0.478. The molecular weight excluding hydrogens is 364 g/mol. The van der Waals surface area contributed by atoms with E-state index < -0.39 is 5.97 Å². The highest BCUT2D eigenvalue weighted by Gasteiger charge is 2.43. The van der Waals surface area contributed by atoms with E-state index in [1.54, 1.807) is 0 Å². The summed E-state index contributed by atoms with van der Waals surface area (Å²) in [6, 6.07) is 14.8. The third-order valence-electron chi connectivity index (χ3n) is 6.21. The first-order chi connectivity index (χ1) is 14.1. The number of nitrogens with zero attached hydrogens (tertiary/aromatic N) is 3. The van der Waals surface area contributed by atoms with Crippen molar-refractivity contribution in [2.75, 3.05) is 47.8 Å². The van der Waals surface area contributed by atoms with Crippen molar-refractivity contribution in [3.05, 3.63) is 48.7 Å². The van der Waals surface area contributed by atoms with Gasteiger partial charge < -0.3 is 20.2 Å². The molecule has 0 bridgehead atoms. The average Bonchev–Trinajstić information content (AvgIpc) is 3.36. The summed E-state index contributed by atoms with van der Waals surface area (Å²) in [5, 5.41) is 12.1. The first-order valence-electron chi connectivity index (χ1n) is 10.6. The molecule has 0 amide bonds. The molecule has 1 unspecified atom stereocenters. The Bertz CT molecular complexity index is 829. The van der Waals surface area contributed by atoms with Gasteiger partial charge in [-0.25, -0.2) is 4.98 Å². The molecule has 0 saturated carbocycles. The lowest BCUT2D eigenvalue weighted by Crippen LogP contribution is -2.31. The van der Waals surface area contributed by atoms with Gasteiger partial charge in [-0.3, -0.25) is 4.79 Å². The Morgan fingerprint density at radius 1 is 1.07 bits per heavy atom. The van der Waals surface area contributed by atoms with E-state index in [9.17, 15) is 4.79 Å². The van der Waals surface area contributed by atoms with Crippen LogP contribution < -0.4 is 15.1 Å². The van der Waals surface area contributed by atoms with Gasteiger partial charge >= 0.3 is 5.97 Å². The molecule has 6 heteroatoms. The van der Waals surface area contributed by atoms with Crippen LogP contribution in [0.25, 0.3) is 0 Å². The fourth-order valence-electron chi connectivity index (χ4n) is 4.59. The molecule has 154 valence electrons. The molecule has 2 aliphatic rings. The van der Waals surface area contributed by atoms with Gasteiger partial charge in [0.1, 0.15) is 5.82 Å². The van der Waals surface area contributed by atoms with Crippen LogP contribution in [0.3, 0.4) is 0 Å². The topological polar surface area (TPSA) is 68.7 Å². The number of pyridine rings is 1. The van der Waals surface area contributed by atoms with E-state index in [0.717, 1.165) is 50.6 Å². The van der Waals surface area contributed by atoms with Crippen molar-refractivity contribution in [3.8, 4) is 0 Å². The van der Waals surface area contributed by atoms with Gasteiger partial charge in [0.2, 0.25) is 0 Å². The van der Waals surface area contributed by atoms with E-state index in [-0.39, 0.29) is 6.42 Å². The highest BCUT2D eigenvalue weighted by Crippen LogP contribution is 2.42. The number of rotatable bonds is 8. The van der Waals surface area contributed by atoms with Gasteiger partial charge in [-0.2, -0.15) is 0 Å². The van der Waals surface area contributed by atoms with E-state index in [0.29, 0.717) is 11.8 Å². The maximum Gasteiger partial charge on any atom is 0.303 e. The standard InChI is InChI=1S/C23H30N4O2/c28-22(29)8-4-5-12-24-19-9-13-25-21(16-19)27-15-11-23(18-27)10-14-26(17-23)20-6-2-1-3-7-20/h1-3,6-7,9,13,16H,4-5,8,10-12,14-15,17-18H2,(H,24,25)(H,28,29). The Balaban J connectivity index is 1.32. The lowest BCUT2D eigenvalue weighted by Gasteiger charge is -2.26. The summed E-state index contributed by atoms with van der Waals surface area (Å²) in [7, 11) is 0. The number of nitrogens with one attached hydrogen (secondary N) is 1. The summed E-state index contributed by atoms with van der Waals surface area (Å²) in [4.78, 5) is 20.2. The summed E-state index contributed by atoms with van der Waals surface area (Å²) in [6.45, 7) is 5.15. The molecule has 4 rings (SSSR count). The maximum atomic E-state index is 10.6. The minimum atomic E-state index is -0.725. The molecule has 2 aliphatic heterocycles. The molecule has 0 aliphatic carbocycles. The second-order valence-corrected chi connectivity index (χ2v) is 8.36. The molecule has 29 heavy (non-hydrogen) atoms. The van der Waals surface area contributed by atoms with Crippen molar-refractivity contribution in [3.63, 3.8) is 0 Å². The largest absolute Gasteiger partial charge is 0.481 e. The van der Waals surface area contributed by atoms with Crippen molar-refractivity contribution in [1.82, 2.24) is 4.98 Å². The van der Waals surface area contributed by atoms with Gasteiger partial charge in [0.05, 0.1) is 0 Å². The highest BCUT2D eigenvalue weighted by atomic mass is 16.4. The molecule has 2 saturated heterocycles. The quantitative estimate of drug-likeness (QED) is 0.663. The Hall–Kier alpha value is -2.76. The van der Waals surface area contributed by atoms with Crippen molar-refractivity contribution < 1.29 is 9.90 Å². The minimum Gasteiger partial charge on any atom is -0.481 e. The zero-order valence-electron chi connectivity index (χ0n) is 16.9. The molecule has 1 aromatic heterocycles. The highest BCUT2D eigenvalue weighted by molar-refractivity contribution is 5.66. The lowest BCUT2D eigenvalue weighted by atomic mass is 9.86. The van der Waals surface area contributed by atoms with Gasteiger partial charge in [-0.15, -0.1) is 0 Å². The van der Waals surface area contributed by atoms with Crippen LogP contribution in [0.15, 0.2) is 48.7 Å². The molecule has 1 atom stereocenters. The smallest absolute Gasteiger partial charge is 0.303 e. The number of para-hydroxylation sites is 1. The molecule has 3 heterocycles. The van der Waals surface area contributed by atoms with Gasteiger partial charge in [-0.1, -0.05) is 18.2 Å². The van der Waals surface area contributed by atoms with Gasteiger partial charge in [0.15, 0.2) is 0 Å². The number of carbonyl (C=O) groups is 1. The third-order valence-corrected chi connectivity index (χ3v) is 6.21. The van der Waals surface area contributed by atoms with Crippen LogP contribution in [-0.2, 0) is 4.79 Å². The third kappa shape index (κ3) is 4.81. The zero-order valence-corrected chi connectivity index (χ0v) is 16.9.